The summed E-state index contributed by atoms with van der Waals surface area (Å²) in [5.41, 5.74) is 6.47. The molecule has 0 bridgehead atoms. The molecule has 4 nitrogen and oxygen atoms in total. The van der Waals surface area contributed by atoms with Gasteiger partial charge >= 0.3 is 0 Å². The number of nitrogens with two attached hydrogens (primary N) is 1. The molecule has 0 saturated heterocycles. The Kier molecular flexibility index (Phi) is 3.77. The van der Waals surface area contributed by atoms with E-state index in [1.54, 1.807) is 6.07 Å². The van der Waals surface area contributed by atoms with Crippen LogP contribution >= 0.6 is 0 Å². The number of ether oxygens (including phenoxy) is 2. The summed E-state index contributed by atoms with van der Waals surface area (Å²) in [5.74, 6) is 1.24. The van der Waals surface area contributed by atoms with E-state index in [4.69, 9.17) is 15.2 Å². The average Bonchev–Trinajstić information content (AvgIpc) is 2.35. The van der Waals surface area contributed by atoms with Crippen LogP contribution in [0, 0.1) is 0 Å². The Hall–Kier alpha value is -1.81. The molecular formula is C13H16N2O2. The highest BCUT2D eigenvalue weighted by atomic mass is 16.5. The van der Waals surface area contributed by atoms with Crippen molar-refractivity contribution in [1.82, 2.24) is 4.98 Å². The third-order valence-electron chi connectivity index (χ3n) is 2.39. The summed E-state index contributed by atoms with van der Waals surface area (Å²) >= 11 is 0. The third-order valence-corrected chi connectivity index (χ3v) is 2.39. The van der Waals surface area contributed by atoms with E-state index < -0.39 is 0 Å². The van der Waals surface area contributed by atoms with Gasteiger partial charge in [-0.1, -0.05) is 12.1 Å². The van der Waals surface area contributed by atoms with E-state index in [1.165, 1.54) is 0 Å². The van der Waals surface area contributed by atoms with Crippen molar-refractivity contribution in [2.75, 3.05) is 25.6 Å². The summed E-state index contributed by atoms with van der Waals surface area (Å²) < 4.78 is 10.9. The Balaban J connectivity index is 2.18. The van der Waals surface area contributed by atoms with Crippen LogP contribution in [0.4, 0.5) is 5.82 Å². The Morgan fingerprint density at radius 1 is 1.18 bits per heavy atom. The van der Waals surface area contributed by atoms with Crippen LogP contribution < -0.4 is 10.5 Å². The van der Waals surface area contributed by atoms with Crippen LogP contribution in [0.3, 0.4) is 0 Å². The van der Waals surface area contributed by atoms with Gasteiger partial charge in [-0.2, -0.15) is 0 Å². The highest BCUT2D eigenvalue weighted by Gasteiger charge is 2.03. The molecule has 1 heterocycles. The molecule has 0 atom stereocenters. The van der Waals surface area contributed by atoms with E-state index in [-0.39, 0.29) is 0 Å². The smallest absolute Gasteiger partial charge is 0.145 e. The number of anilines is 1. The van der Waals surface area contributed by atoms with Gasteiger partial charge in [0.1, 0.15) is 23.7 Å². The molecule has 0 amide bonds. The first-order chi connectivity index (χ1) is 8.31. The van der Waals surface area contributed by atoms with Crippen LogP contribution in [0.25, 0.3) is 10.9 Å². The molecule has 0 aliphatic heterocycles. The lowest BCUT2D eigenvalue weighted by Crippen LogP contribution is -2.06. The summed E-state index contributed by atoms with van der Waals surface area (Å²) in [6.07, 6.45) is 0. The van der Waals surface area contributed by atoms with E-state index >= 15 is 0 Å². The number of fused-ring (bicyclic) bond motifs is 1. The quantitative estimate of drug-likeness (QED) is 0.803. The fourth-order valence-electron chi connectivity index (χ4n) is 1.61. The van der Waals surface area contributed by atoms with Crippen LogP contribution in [-0.2, 0) is 4.74 Å². The van der Waals surface area contributed by atoms with Crippen molar-refractivity contribution in [3.05, 3.63) is 30.3 Å². The minimum atomic E-state index is 0.498. The van der Waals surface area contributed by atoms with Crippen LogP contribution in [-0.4, -0.2) is 24.8 Å². The van der Waals surface area contributed by atoms with Gasteiger partial charge < -0.3 is 15.2 Å². The lowest BCUT2D eigenvalue weighted by molar-refractivity contribution is 0.110. The maximum atomic E-state index is 5.68. The molecular weight excluding hydrogens is 216 g/mol. The highest BCUT2D eigenvalue weighted by molar-refractivity contribution is 5.85. The SMILES string of the molecule is CCOCCOc1cccc2ccc(N)nc12. The minimum Gasteiger partial charge on any atom is -0.489 e. The Morgan fingerprint density at radius 2 is 2.06 bits per heavy atom. The lowest BCUT2D eigenvalue weighted by Gasteiger charge is -2.08. The van der Waals surface area contributed by atoms with Gasteiger partial charge in [0.25, 0.3) is 0 Å². The number of rotatable bonds is 5. The number of nitrogens with zero attached hydrogens (tertiary/aromatic N) is 1. The molecule has 0 radical (unpaired) electrons. The molecule has 0 aliphatic carbocycles. The van der Waals surface area contributed by atoms with Crippen molar-refractivity contribution >= 4 is 16.7 Å². The molecule has 4 heteroatoms. The van der Waals surface area contributed by atoms with E-state index in [9.17, 15) is 0 Å². The summed E-state index contributed by atoms with van der Waals surface area (Å²) in [7, 11) is 0. The fraction of sp³-hybridized carbons (Fsp3) is 0.308. The predicted molar refractivity (Wildman–Crippen MR) is 68.1 cm³/mol. The van der Waals surface area contributed by atoms with Crippen molar-refractivity contribution in [2.45, 2.75) is 6.92 Å². The normalized spacial score (nSPS) is 10.6. The van der Waals surface area contributed by atoms with E-state index in [0.717, 1.165) is 16.7 Å². The monoisotopic (exact) mass is 232 g/mol. The maximum Gasteiger partial charge on any atom is 0.145 e. The lowest BCUT2D eigenvalue weighted by atomic mass is 10.2. The zero-order valence-electron chi connectivity index (χ0n) is 9.85. The Labute approximate surface area is 100 Å². The Morgan fingerprint density at radius 3 is 2.88 bits per heavy atom. The van der Waals surface area contributed by atoms with Crippen LogP contribution in [0.1, 0.15) is 6.92 Å². The van der Waals surface area contributed by atoms with Gasteiger partial charge in [0.2, 0.25) is 0 Å². The predicted octanol–water partition coefficient (Wildman–Crippen LogP) is 2.23. The molecule has 17 heavy (non-hydrogen) atoms. The molecule has 0 fully saturated rings. The first-order valence-corrected chi connectivity index (χ1v) is 5.67. The van der Waals surface area contributed by atoms with Crippen molar-refractivity contribution in [3.8, 4) is 5.75 Å². The van der Waals surface area contributed by atoms with Crippen LogP contribution in [0.2, 0.25) is 0 Å². The summed E-state index contributed by atoms with van der Waals surface area (Å²) in [6.45, 7) is 3.75. The molecule has 1 aromatic carbocycles. The third kappa shape index (κ3) is 2.85. The summed E-state index contributed by atoms with van der Waals surface area (Å²) in [5, 5.41) is 1.02. The number of hydrogen-bond acceptors (Lipinski definition) is 4. The van der Waals surface area contributed by atoms with Gasteiger partial charge in [-0.3, -0.25) is 0 Å². The zero-order valence-corrected chi connectivity index (χ0v) is 9.85. The molecule has 90 valence electrons. The molecule has 2 N–H and O–H groups in total. The molecule has 2 rings (SSSR count). The molecule has 0 unspecified atom stereocenters. The minimum absolute atomic E-state index is 0.498. The zero-order chi connectivity index (χ0) is 12.1. The van der Waals surface area contributed by atoms with Crippen molar-refractivity contribution in [1.29, 1.82) is 0 Å². The number of pyridine rings is 1. The van der Waals surface area contributed by atoms with Gasteiger partial charge in [-0.05, 0) is 25.1 Å². The van der Waals surface area contributed by atoms with Crippen molar-refractivity contribution in [2.24, 2.45) is 0 Å². The second-order valence-electron chi connectivity index (χ2n) is 3.61. The molecule has 0 aliphatic rings. The van der Waals surface area contributed by atoms with E-state index in [2.05, 4.69) is 4.98 Å². The van der Waals surface area contributed by atoms with E-state index in [0.29, 0.717) is 25.6 Å². The molecule has 0 saturated carbocycles. The van der Waals surface area contributed by atoms with Crippen molar-refractivity contribution in [3.63, 3.8) is 0 Å². The van der Waals surface area contributed by atoms with Crippen LogP contribution in [0.15, 0.2) is 30.3 Å². The molecule has 1 aromatic heterocycles. The number of hydrogen-bond donors (Lipinski definition) is 1. The first kappa shape index (κ1) is 11.7. The number of nitrogen functional groups attached to an aromatic ring is 1. The second kappa shape index (κ2) is 5.50. The highest BCUT2D eigenvalue weighted by Crippen LogP contribution is 2.24. The standard InChI is InChI=1S/C13H16N2O2/c1-2-16-8-9-17-11-5-3-4-10-6-7-12(14)15-13(10)11/h3-7H,2,8-9H2,1H3,(H2,14,15). The summed E-state index contributed by atoms with van der Waals surface area (Å²) in [4.78, 5) is 4.29. The second-order valence-corrected chi connectivity index (χ2v) is 3.61. The van der Waals surface area contributed by atoms with Crippen LogP contribution in [0.5, 0.6) is 5.75 Å². The van der Waals surface area contributed by atoms with Gasteiger partial charge in [-0.15, -0.1) is 0 Å². The van der Waals surface area contributed by atoms with Gasteiger partial charge in [0, 0.05) is 12.0 Å². The molecule has 0 spiro atoms. The van der Waals surface area contributed by atoms with Gasteiger partial charge in [0.05, 0.1) is 6.61 Å². The van der Waals surface area contributed by atoms with Gasteiger partial charge in [-0.25, -0.2) is 4.98 Å². The number of para-hydroxylation sites is 1. The van der Waals surface area contributed by atoms with E-state index in [1.807, 2.05) is 31.2 Å². The van der Waals surface area contributed by atoms with Gasteiger partial charge in [0.15, 0.2) is 0 Å². The molecule has 2 aromatic rings. The largest absolute Gasteiger partial charge is 0.489 e. The Bertz CT molecular complexity index is 500. The average molecular weight is 232 g/mol. The fourth-order valence-corrected chi connectivity index (χ4v) is 1.61. The topological polar surface area (TPSA) is 57.4 Å². The number of benzene rings is 1. The van der Waals surface area contributed by atoms with Crippen molar-refractivity contribution < 1.29 is 9.47 Å². The summed E-state index contributed by atoms with van der Waals surface area (Å²) in [6, 6.07) is 9.54. The number of aromatic nitrogens is 1. The first-order valence-electron chi connectivity index (χ1n) is 5.67. The maximum absolute atomic E-state index is 5.68.